The van der Waals surface area contributed by atoms with Crippen molar-refractivity contribution in [3.05, 3.63) is 0 Å². The first-order valence-corrected chi connectivity index (χ1v) is 30.1. The molecule has 0 spiro atoms. The molecule has 0 aliphatic rings. The van der Waals surface area contributed by atoms with Gasteiger partial charge in [-0.1, -0.05) is 218 Å². The zero-order valence-electron chi connectivity index (χ0n) is 43.5. The molecular formula is C48H99Nd2O12P3. The Kier molecular flexibility index (Phi) is 56.8. The van der Waals surface area contributed by atoms with Crippen LogP contribution in [-0.2, 0) is 27.3 Å². The fourth-order valence-electron chi connectivity index (χ4n) is 8.78. The fourth-order valence-corrected chi connectivity index (χ4v) is 10.8. The van der Waals surface area contributed by atoms with Crippen LogP contribution in [0.5, 0.6) is 0 Å². The van der Waals surface area contributed by atoms with Gasteiger partial charge in [-0.2, -0.15) is 0 Å². The van der Waals surface area contributed by atoms with Crippen molar-refractivity contribution in [2.75, 3.05) is 0 Å². The van der Waals surface area contributed by atoms with Crippen molar-refractivity contribution >= 4 is 23.5 Å². The van der Waals surface area contributed by atoms with Gasteiger partial charge in [0.15, 0.2) is 0 Å². The molecule has 0 aromatic carbocycles. The maximum Gasteiger partial charge on any atom is 3.00 e. The molecule has 2 radical (unpaired) electrons. The van der Waals surface area contributed by atoms with E-state index in [-0.39, 0.29) is 117 Å². The molecule has 0 heterocycles. The average molecular weight is 1250 g/mol. The van der Waals surface area contributed by atoms with Gasteiger partial charge in [0.1, 0.15) is 0 Å². The van der Waals surface area contributed by atoms with Gasteiger partial charge in [-0.25, -0.2) is 0 Å². The number of unbranched alkanes of at least 4 members (excludes halogenated alkanes) is 12. The van der Waals surface area contributed by atoms with Crippen molar-refractivity contribution in [2.45, 2.75) is 275 Å². The summed E-state index contributed by atoms with van der Waals surface area (Å²) >= 11 is 0. The first kappa shape index (κ1) is 76.9. The zero-order chi connectivity index (χ0) is 48.9. The van der Waals surface area contributed by atoms with E-state index >= 15 is 0 Å². The Morgan fingerprint density at radius 3 is 0.677 bits per heavy atom. The smallest absolute Gasteiger partial charge is 0.790 e. The van der Waals surface area contributed by atoms with Crippen LogP contribution in [0.25, 0.3) is 0 Å². The SMILES string of the molecule is CCCCCCC(C)C(OP(=O)([O-])[O-])C(CC)CCCC.CCCCCCC(C)C(OP(=O)([O-])[O-])C(CC)CCCC.CCCCCCC(C)C(OP(=O)([O-])[O-])C(CC)CCCC.[Nd+3].[Nd+3]. The minimum atomic E-state index is -4.92. The van der Waals surface area contributed by atoms with Crippen LogP contribution in [0.3, 0.4) is 0 Å². The van der Waals surface area contributed by atoms with Gasteiger partial charge in [0.25, 0.3) is 0 Å². The quantitative estimate of drug-likeness (QED) is 0.0415. The molecule has 0 rings (SSSR count). The van der Waals surface area contributed by atoms with Crippen LogP contribution in [-0.4, -0.2) is 18.3 Å². The Bertz CT molecular complexity index is 1020. The molecule has 0 saturated heterocycles. The van der Waals surface area contributed by atoms with Gasteiger partial charge in [-0.15, -0.1) is 0 Å². The predicted molar refractivity (Wildman–Crippen MR) is 251 cm³/mol. The third kappa shape index (κ3) is 46.6. The molecule has 0 amide bonds. The fraction of sp³-hybridized carbons (Fsp3) is 1.00. The molecule has 0 aliphatic carbocycles. The van der Waals surface area contributed by atoms with Gasteiger partial charge in [0, 0.05) is 0 Å². The number of hydrogen-bond donors (Lipinski definition) is 0. The summed E-state index contributed by atoms with van der Waals surface area (Å²) in [5, 5.41) is 0. The molecule has 17 heteroatoms. The normalized spacial score (nSPS) is 16.2. The summed E-state index contributed by atoms with van der Waals surface area (Å²) in [6, 6.07) is 0. The molecule has 386 valence electrons. The summed E-state index contributed by atoms with van der Waals surface area (Å²) in [5.41, 5.74) is 0. The summed E-state index contributed by atoms with van der Waals surface area (Å²) in [5.74, 6) is 0.798. The van der Waals surface area contributed by atoms with Crippen LogP contribution in [0.1, 0.15) is 256 Å². The van der Waals surface area contributed by atoms with Gasteiger partial charge >= 0.3 is 81.7 Å². The second kappa shape index (κ2) is 48.0. The molecule has 0 aromatic rings. The molecule has 0 N–H and O–H groups in total. The third-order valence-corrected chi connectivity index (χ3v) is 14.2. The van der Waals surface area contributed by atoms with Crippen LogP contribution in [0.15, 0.2) is 0 Å². The maximum absolute atomic E-state index is 11.1. The van der Waals surface area contributed by atoms with Crippen LogP contribution in [0.4, 0.5) is 0 Å². The van der Waals surface area contributed by atoms with Crippen molar-refractivity contribution in [1.82, 2.24) is 0 Å². The van der Waals surface area contributed by atoms with Crippen LogP contribution in [0.2, 0.25) is 0 Å². The van der Waals surface area contributed by atoms with Crippen molar-refractivity contribution < 1.29 is 138 Å². The average Bonchev–Trinajstić information content (AvgIpc) is 3.21. The van der Waals surface area contributed by atoms with Crippen molar-refractivity contribution in [2.24, 2.45) is 35.5 Å². The first-order chi connectivity index (χ1) is 29.6. The van der Waals surface area contributed by atoms with Crippen molar-refractivity contribution in [1.29, 1.82) is 0 Å². The van der Waals surface area contributed by atoms with Gasteiger partial charge in [0.05, 0.1) is 41.8 Å². The number of phosphoric acid groups is 3. The molecule has 9 unspecified atom stereocenters. The largest absolute Gasteiger partial charge is 3.00 e. The summed E-state index contributed by atoms with van der Waals surface area (Å²) < 4.78 is 48.1. The second-order valence-electron chi connectivity index (χ2n) is 18.5. The predicted octanol–water partition coefficient (Wildman–Crippen LogP) is 12.1. The summed E-state index contributed by atoms with van der Waals surface area (Å²) in [6.45, 7) is 25.0. The molecule has 0 aromatic heterocycles. The van der Waals surface area contributed by atoms with E-state index in [0.29, 0.717) is 0 Å². The van der Waals surface area contributed by atoms with E-state index in [2.05, 4.69) is 41.5 Å². The van der Waals surface area contributed by atoms with Crippen LogP contribution < -0.4 is 29.4 Å². The molecule has 0 aliphatic heterocycles. The van der Waals surface area contributed by atoms with Gasteiger partial charge < -0.3 is 56.6 Å². The molecule has 0 fully saturated rings. The Balaban J connectivity index is -0.000000273. The van der Waals surface area contributed by atoms with Crippen LogP contribution in [0, 0.1) is 117 Å². The second-order valence-corrected chi connectivity index (χ2v) is 21.8. The van der Waals surface area contributed by atoms with E-state index in [0.717, 1.165) is 135 Å². The van der Waals surface area contributed by atoms with E-state index < -0.39 is 41.8 Å². The van der Waals surface area contributed by atoms with E-state index in [9.17, 15) is 43.1 Å². The minimum Gasteiger partial charge on any atom is -0.790 e. The van der Waals surface area contributed by atoms with E-state index in [4.69, 9.17) is 13.6 Å². The van der Waals surface area contributed by atoms with Crippen LogP contribution >= 0.6 is 23.5 Å². The third-order valence-electron chi connectivity index (χ3n) is 12.7. The first-order valence-electron chi connectivity index (χ1n) is 25.7. The topological polar surface area (TPSA) is 217 Å². The Hall–Kier alpha value is 3.03. The molecule has 0 bridgehead atoms. The molecule has 65 heavy (non-hydrogen) atoms. The Morgan fingerprint density at radius 2 is 0.523 bits per heavy atom. The standard InChI is InChI=1S/3C16H35O4P.2Nd/c3*1-5-8-10-11-12-14(4)16(20-21(17,18)19)15(7-3)13-9-6-2;;/h3*14-16H,5-13H2,1-4H3,(H2,17,18,19);;/q;;;2*+3/p-6. The summed E-state index contributed by atoms with van der Waals surface area (Å²) in [6.07, 6.45) is 26.9. The minimum absolute atomic E-state index is 0. The number of hydrogen-bond acceptors (Lipinski definition) is 12. The van der Waals surface area contributed by atoms with Gasteiger partial charge in [0.2, 0.25) is 0 Å². The zero-order valence-corrected chi connectivity index (χ0v) is 52.6. The van der Waals surface area contributed by atoms with Gasteiger partial charge in [-0.3, -0.25) is 0 Å². The van der Waals surface area contributed by atoms with Gasteiger partial charge in [-0.05, 0) is 74.0 Å². The van der Waals surface area contributed by atoms with E-state index in [1.54, 1.807) is 0 Å². The van der Waals surface area contributed by atoms with Crippen molar-refractivity contribution in [3.8, 4) is 0 Å². The molecule has 9 atom stereocenters. The number of rotatable bonds is 39. The van der Waals surface area contributed by atoms with E-state index in [1.165, 1.54) is 38.5 Å². The molecular weight excluding hydrogens is 1150 g/mol. The molecule has 12 nitrogen and oxygen atoms in total. The van der Waals surface area contributed by atoms with Crippen molar-refractivity contribution in [3.63, 3.8) is 0 Å². The van der Waals surface area contributed by atoms with E-state index in [1.807, 2.05) is 41.5 Å². The number of phosphoric ester groups is 3. The summed E-state index contributed by atoms with van der Waals surface area (Å²) in [7, 11) is -14.8. The Morgan fingerprint density at radius 1 is 0.323 bits per heavy atom. The summed E-state index contributed by atoms with van der Waals surface area (Å²) in [4.78, 5) is 66.4. The Labute approximate surface area is 467 Å². The molecule has 0 saturated carbocycles. The maximum atomic E-state index is 11.1. The monoisotopic (exact) mass is 1240 g/mol.